The van der Waals surface area contributed by atoms with Crippen molar-refractivity contribution < 1.29 is 23.1 Å². The third kappa shape index (κ3) is 3.03. The first-order valence-corrected chi connectivity index (χ1v) is 8.76. The van der Waals surface area contributed by atoms with Crippen LogP contribution in [0.4, 0.5) is 14.5 Å². The first-order chi connectivity index (χ1) is 13.0. The van der Waals surface area contributed by atoms with Gasteiger partial charge in [-0.05, 0) is 36.6 Å². The molecule has 5 nitrogen and oxygen atoms in total. The van der Waals surface area contributed by atoms with Gasteiger partial charge in [-0.25, -0.2) is 8.78 Å². The first-order valence-electron chi connectivity index (χ1n) is 8.76. The Morgan fingerprint density at radius 2 is 1.89 bits per heavy atom. The lowest BCUT2D eigenvalue weighted by atomic mass is 9.73. The predicted molar refractivity (Wildman–Crippen MR) is 94.4 cm³/mol. The van der Waals surface area contributed by atoms with Gasteiger partial charge in [-0.2, -0.15) is 0 Å². The van der Waals surface area contributed by atoms with Gasteiger partial charge in [0.25, 0.3) is 5.91 Å². The number of nitrogens with zero attached hydrogens (tertiary/aromatic N) is 1. The third-order valence-electron chi connectivity index (χ3n) is 5.34. The topological polar surface area (TPSA) is 58.6 Å². The quantitative estimate of drug-likeness (QED) is 0.901. The largest absolute Gasteiger partial charge is 0.481 e. The molecule has 4 rings (SSSR count). The van der Waals surface area contributed by atoms with E-state index >= 15 is 0 Å². The number of anilines is 1. The Morgan fingerprint density at radius 3 is 2.67 bits per heavy atom. The number of para-hydroxylation sites is 1. The van der Waals surface area contributed by atoms with E-state index in [-0.39, 0.29) is 24.2 Å². The summed E-state index contributed by atoms with van der Waals surface area (Å²) in [5, 5.41) is 2.92. The van der Waals surface area contributed by atoms with Crippen LogP contribution in [0.5, 0.6) is 5.75 Å². The zero-order valence-corrected chi connectivity index (χ0v) is 14.5. The Bertz CT molecular complexity index is 908. The number of likely N-dealkylation sites (tertiary alicyclic amines) is 1. The zero-order chi connectivity index (χ0) is 19.0. The highest BCUT2D eigenvalue weighted by Crippen LogP contribution is 2.44. The van der Waals surface area contributed by atoms with Crippen molar-refractivity contribution in [3.05, 3.63) is 59.7 Å². The number of nitrogens with one attached hydrogen (secondary N) is 1. The molecule has 1 saturated heterocycles. The van der Waals surface area contributed by atoms with Crippen molar-refractivity contribution in [1.29, 1.82) is 0 Å². The van der Waals surface area contributed by atoms with Crippen LogP contribution >= 0.6 is 0 Å². The SMILES string of the molecule is O=C(COc1cc(F)ccc1F)N1CCC2(CC1)C(=O)Nc1ccccc12. The van der Waals surface area contributed by atoms with Crippen LogP contribution < -0.4 is 10.1 Å². The normalized spacial score (nSPS) is 17.6. The molecule has 1 N–H and O–H groups in total. The van der Waals surface area contributed by atoms with Crippen molar-refractivity contribution in [1.82, 2.24) is 4.90 Å². The van der Waals surface area contributed by atoms with Gasteiger partial charge in [0.15, 0.2) is 18.2 Å². The van der Waals surface area contributed by atoms with Crippen LogP contribution in [0, 0.1) is 11.6 Å². The molecule has 7 heteroatoms. The highest BCUT2D eigenvalue weighted by atomic mass is 19.1. The number of amides is 2. The van der Waals surface area contributed by atoms with Gasteiger partial charge in [0.1, 0.15) is 5.82 Å². The van der Waals surface area contributed by atoms with E-state index in [2.05, 4.69) is 5.32 Å². The number of rotatable bonds is 3. The minimum atomic E-state index is -0.721. The monoisotopic (exact) mass is 372 g/mol. The van der Waals surface area contributed by atoms with Gasteiger partial charge in [-0.3, -0.25) is 9.59 Å². The molecule has 0 atom stereocenters. The van der Waals surface area contributed by atoms with E-state index in [1.165, 1.54) is 0 Å². The Kier molecular flexibility index (Phi) is 4.30. The van der Waals surface area contributed by atoms with Crippen LogP contribution in [0.2, 0.25) is 0 Å². The van der Waals surface area contributed by atoms with E-state index in [9.17, 15) is 18.4 Å². The molecule has 27 heavy (non-hydrogen) atoms. The van der Waals surface area contributed by atoms with Gasteiger partial charge in [0, 0.05) is 24.8 Å². The van der Waals surface area contributed by atoms with Crippen LogP contribution in [-0.2, 0) is 15.0 Å². The maximum atomic E-state index is 13.6. The standard InChI is InChI=1S/C20H18F2N2O3/c21-13-5-6-15(22)17(11-13)27-12-18(25)24-9-7-20(8-10-24)14-3-1-2-4-16(14)23-19(20)26/h1-6,11H,7-10,12H2,(H,23,26). The van der Waals surface area contributed by atoms with Crippen molar-refractivity contribution in [2.45, 2.75) is 18.3 Å². The number of fused-ring (bicyclic) bond motifs is 2. The van der Waals surface area contributed by atoms with Crippen LogP contribution in [0.1, 0.15) is 18.4 Å². The Hall–Kier alpha value is -2.96. The van der Waals surface area contributed by atoms with Crippen LogP contribution in [-0.4, -0.2) is 36.4 Å². The molecule has 1 spiro atoms. The molecule has 2 amide bonds. The minimum absolute atomic E-state index is 0.0334. The summed E-state index contributed by atoms with van der Waals surface area (Å²) in [6.45, 7) is 0.418. The van der Waals surface area contributed by atoms with Crippen molar-refractivity contribution in [2.24, 2.45) is 0 Å². The minimum Gasteiger partial charge on any atom is -0.481 e. The van der Waals surface area contributed by atoms with E-state index in [1.807, 2.05) is 24.3 Å². The molecule has 0 aliphatic carbocycles. The number of carbonyl (C=O) groups excluding carboxylic acids is 2. The van der Waals surface area contributed by atoms with Crippen molar-refractivity contribution >= 4 is 17.5 Å². The highest BCUT2D eigenvalue weighted by molar-refractivity contribution is 6.06. The smallest absolute Gasteiger partial charge is 0.260 e. The second-order valence-electron chi connectivity index (χ2n) is 6.83. The van der Waals surface area contributed by atoms with Gasteiger partial charge in [-0.1, -0.05) is 18.2 Å². The number of benzene rings is 2. The van der Waals surface area contributed by atoms with E-state index < -0.39 is 17.0 Å². The molecule has 2 heterocycles. The van der Waals surface area contributed by atoms with Gasteiger partial charge in [0.05, 0.1) is 5.41 Å². The lowest BCUT2D eigenvalue weighted by molar-refractivity contribution is -0.137. The van der Waals surface area contributed by atoms with Gasteiger partial charge < -0.3 is 15.0 Å². The number of carbonyl (C=O) groups is 2. The van der Waals surface area contributed by atoms with Crippen LogP contribution in [0.25, 0.3) is 0 Å². The molecule has 0 aromatic heterocycles. The van der Waals surface area contributed by atoms with Crippen molar-refractivity contribution in [3.63, 3.8) is 0 Å². The average Bonchev–Trinajstić information content (AvgIpc) is 2.94. The Labute approximate surface area is 154 Å². The summed E-state index contributed by atoms with van der Waals surface area (Å²) < 4.78 is 31.9. The maximum Gasteiger partial charge on any atom is 0.260 e. The molecule has 0 bridgehead atoms. The summed E-state index contributed by atoms with van der Waals surface area (Å²) in [6, 6.07) is 10.4. The van der Waals surface area contributed by atoms with Crippen molar-refractivity contribution in [2.75, 3.05) is 25.0 Å². The van der Waals surface area contributed by atoms with Gasteiger partial charge >= 0.3 is 0 Å². The molecular formula is C20H18F2N2O3. The predicted octanol–water partition coefficient (Wildman–Crippen LogP) is 2.86. The summed E-state index contributed by atoms with van der Waals surface area (Å²) in [5.41, 5.74) is 1.19. The number of hydrogen-bond donors (Lipinski definition) is 1. The number of halogens is 2. The van der Waals surface area contributed by atoms with Crippen LogP contribution in [0.3, 0.4) is 0 Å². The first kappa shape index (κ1) is 17.5. The summed E-state index contributed by atoms with van der Waals surface area (Å²) in [5.74, 6) is -2.00. The van der Waals surface area contributed by atoms with E-state index in [1.54, 1.807) is 4.90 Å². The second-order valence-corrected chi connectivity index (χ2v) is 6.83. The van der Waals surface area contributed by atoms with Crippen molar-refractivity contribution in [3.8, 4) is 5.75 Å². The van der Waals surface area contributed by atoms with Crippen LogP contribution in [0.15, 0.2) is 42.5 Å². The summed E-state index contributed by atoms with van der Waals surface area (Å²) in [6.07, 6.45) is 1.02. The Balaban J connectivity index is 1.40. The fraction of sp³-hybridized carbons (Fsp3) is 0.300. The maximum absolute atomic E-state index is 13.6. The third-order valence-corrected chi connectivity index (χ3v) is 5.34. The molecule has 0 unspecified atom stereocenters. The lowest BCUT2D eigenvalue weighted by Crippen LogP contribution is -2.49. The molecule has 1 fully saturated rings. The van der Waals surface area contributed by atoms with Gasteiger partial charge in [-0.15, -0.1) is 0 Å². The summed E-state index contributed by atoms with van der Waals surface area (Å²) >= 11 is 0. The van der Waals surface area contributed by atoms with E-state index in [0.717, 1.165) is 29.4 Å². The molecule has 2 aromatic carbocycles. The molecular weight excluding hydrogens is 354 g/mol. The summed E-state index contributed by atoms with van der Waals surface area (Å²) in [4.78, 5) is 26.5. The zero-order valence-electron chi connectivity index (χ0n) is 14.5. The fourth-order valence-electron chi connectivity index (χ4n) is 3.83. The molecule has 2 aromatic rings. The molecule has 0 radical (unpaired) electrons. The lowest BCUT2D eigenvalue weighted by Gasteiger charge is -2.37. The Morgan fingerprint density at radius 1 is 1.15 bits per heavy atom. The summed E-state index contributed by atoms with van der Waals surface area (Å²) in [7, 11) is 0. The molecule has 140 valence electrons. The highest BCUT2D eigenvalue weighted by Gasteiger charge is 2.48. The molecule has 2 aliphatic rings. The number of hydrogen-bond acceptors (Lipinski definition) is 3. The van der Waals surface area contributed by atoms with E-state index in [4.69, 9.17) is 4.74 Å². The second kappa shape index (κ2) is 6.64. The molecule has 2 aliphatic heterocycles. The number of ether oxygens (including phenoxy) is 1. The molecule has 0 saturated carbocycles. The van der Waals surface area contributed by atoms with E-state index in [0.29, 0.717) is 25.9 Å². The van der Waals surface area contributed by atoms with Gasteiger partial charge in [0.2, 0.25) is 5.91 Å². The fourth-order valence-corrected chi connectivity index (χ4v) is 3.83. The number of piperidine rings is 1. The average molecular weight is 372 g/mol.